The third kappa shape index (κ3) is 21.1. The van der Waals surface area contributed by atoms with E-state index >= 15 is 0 Å². The molecule has 1 fully saturated rings. The van der Waals surface area contributed by atoms with Crippen LogP contribution in [-0.2, 0) is 62.4 Å². The van der Waals surface area contributed by atoms with E-state index in [4.69, 9.17) is 22.9 Å². The summed E-state index contributed by atoms with van der Waals surface area (Å²) >= 11 is 0. The Labute approximate surface area is 460 Å². The van der Waals surface area contributed by atoms with Crippen molar-refractivity contribution in [2.75, 3.05) is 32.0 Å². The van der Waals surface area contributed by atoms with Gasteiger partial charge in [-0.25, -0.2) is 0 Å². The standard InChI is InChI=1S/C52H74N12O12S2/c1-52(2)43(64-45(70)35(55)24-31-14-18-33(66)19-15-31)51(76)62-38(26-32-16-20-34(67)21-17-32)46(71)57-27-42(68)58-40(28-65)49(74)61-39(25-30-10-4-3-5-11-30)48(73)63-41(29-77-78-52)50(75)60-37(13-7-9-23-54)47(72)59-36(44(56)69)12-6-8-22-53/h3-5,10-11,14-21,35-41,43,65-67H,6-9,12-13,22-29,53-55H2,1-2H3,(H2,56,69)(H,57,71)(H,58,68)(H,59,72)(H,60,75)(H,61,74)(H,62,76)(H,63,73)(H,64,70)/t35-,36-,37-,38-,39-,40-,41-,43-/m0/s1. The lowest BCUT2D eigenvalue weighted by atomic mass is 9.99. The van der Waals surface area contributed by atoms with Gasteiger partial charge in [-0.15, -0.1) is 0 Å². The highest BCUT2D eigenvalue weighted by Crippen LogP contribution is 2.39. The van der Waals surface area contributed by atoms with Crippen LogP contribution in [0.3, 0.4) is 0 Å². The van der Waals surface area contributed by atoms with Crippen molar-refractivity contribution in [1.82, 2.24) is 42.5 Å². The van der Waals surface area contributed by atoms with Crippen molar-refractivity contribution in [3.8, 4) is 11.5 Å². The quantitative estimate of drug-likeness (QED) is 0.0377. The molecular formula is C52H74N12O12S2. The number of carbonyl (C=O) groups excluding carboxylic acids is 9. The third-order valence-corrected chi connectivity index (χ3v) is 15.8. The highest BCUT2D eigenvalue weighted by molar-refractivity contribution is 8.77. The molecule has 0 bridgehead atoms. The van der Waals surface area contributed by atoms with Crippen LogP contribution in [0.1, 0.15) is 69.1 Å². The van der Waals surface area contributed by atoms with Crippen molar-refractivity contribution < 1.29 is 58.5 Å². The zero-order valence-electron chi connectivity index (χ0n) is 43.7. The van der Waals surface area contributed by atoms with Crippen LogP contribution in [0.25, 0.3) is 0 Å². The number of aliphatic hydroxyl groups excluding tert-OH is 1. The fourth-order valence-corrected chi connectivity index (χ4v) is 10.8. The van der Waals surface area contributed by atoms with Gasteiger partial charge >= 0.3 is 0 Å². The van der Waals surface area contributed by atoms with Crippen LogP contribution in [0.4, 0.5) is 0 Å². The number of hydrogen-bond donors (Lipinski definition) is 15. The molecule has 0 saturated carbocycles. The molecule has 3 aromatic rings. The van der Waals surface area contributed by atoms with Crippen molar-refractivity contribution in [2.45, 2.75) is 125 Å². The summed E-state index contributed by atoms with van der Waals surface area (Å²) in [5, 5.41) is 51.0. The molecule has 0 aromatic heterocycles. The lowest BCUT2D eigenvalue weighted by Gasteiger charge is -2.35. The van der Waals surface area contributed by atoms with Gasteiger partial charge in [0.05, 0.1) is 19.2 Å². The number of nitrogens with two attached hydrogens (primary N) is 4. The summed E-state index contributed by atoms with van der Waals surface area (Å²) in [5.41, 5.74) is 25.1. The van der Waals surface area contributed by atoms with E-state index in [2.05, 4.69) is 42.5 Å². The van der Waals surface area contributed by atoms with Gasteiger partial charge in [0.1, 0.15) is 53.8 Å². The summed E-state index contributed by atoms with van der Waals surface area (Å²) in [6, 6.07) is 9.06. The molecule has 24 nitrogen and oxygen atoms in total. The molecule has 78 heavy (non-hydrogen) atoms. The maximum atomic E-state index is 14.7. The Hall–Kier alpha value is -6.97. The largest absolute Gasteiger partial charge is 0.508 e. The first-order chi connectivity index (χ1) is 37.1. The first-order valence-corrected chi connectivity index (χ1v) is 27.8. The molecule has 1 saturated heterocycles. The van der Waals surface area contributed by atoms with Gasteiger partial charge < -0.3 is 80.8 Å². The topological polar surface area (TPSA) is 415 Å². The smallest absolute Gasteiger partial charge is 0.245 e. The summed E-state index contributed by atoms with van der Waals surface area (Å²) in [7, 11) is 2.00. The molecule has 1 aliphatic heterocycles. The summed E-state index contributed by atoms with van der Waals surface area (Å²) in [4.78, 5) is 126. The van der Waals surface area contributed by atoms with Gasteiger partial charge in [0.2, 0.25) is 53.2 Å². The summed E-state index contributed by atoms with van der Waals surface area (Å²) in [6.45, 7) is 2.09. The summed E-state index contributed by atoms with van der Waals surface area (Å²) in [6.07, 6.45) is 1.71. The molecule has 9 amide bonds. The summed E-state index contributed by atoms with van der Waals surface area (Å²) < 4.78 is -1.37. The van der Waals surface area contributed by atoms with Crippen LogP contribution in [0.2, 0.25) is 0 Å². The van der Waals surface area contributed by atoms with Crippen LogP contribution in [0, 0.1) is 0 Å². The monoisotopic (exact) mass is 1120 g/mol. The highest BCUT2D eigenvalue weighted by Gasteiger charge is 2.41. The predicted octanol–water partition coefficient (Wildman–Crippen LogP) is -2.13. The maximum Gasteiger partial charge on any atom is 0.245 e. The number of carbonyl (C=O) groups is 9. The number of phenols is 2. The lowest BCUT2D eigenvalue weighted by molar-refractivity contribution is -0.135. The zero-order chi connectivity index (χ0) is 57.4. The molecule has 0 radical (unpaired) electrons. The third-order valence-electron chi connectivity index (χ3n) is 12.5. The van der Waals surface area contributed by atoms with Gasteiger partial charge in [-0.3, -0.25) is 43.2 Å². The lowest BCUT2D eigenvalue weighted by Crippen LogP contribution is -2.62. The zero-order valence-corrected chi connectivity index (χ0v) is 45.3. The number of nitrogens with one attached hydrogen (secondary N) is 8. The minimum absolute atomic E-state index is 0.0113. The molecule has 8 atom stereocenters. The number of aliphatic hydroxyl groups is 1. The number of benzene rings is 3. The van der Waals surface area contributed by atoms with Gasteiger partial charge in [-0.2, -0.15) is 0 Å². The van der Waals surface area contributed by atoms with E-state index in [0.29, 0.717) is 48.9 Å². The Morgan fingerprint density at radius 1 is 0.667 bits per heavy atom. The van der Waals surface area contributed by atoms with E-state index in [1.807, 2.05) is 0 Å². The minimum atomic E-state index is -1.66. The van der Waals surface area contributed by atoms with Crippen molar-refractivity contribution in [1.29, 1.82) is 0 Å². The van der Waals surface area contributed by atoms with Gasteiger partial charge in [0.15, 0.2) is 0 Å². The van der Waals surface area contributed by atoms with Crippen LogP contribution in [0.5, 0.6) is 11.5 Å². The van der Waals surface area contributed by atoms with Gasteiger partial charge in [-0.1, -0.05) is 76.2 Å². The van der Waals surface area contributed by atoms with E-state index in [1.165, 1.54) is 36.4 Å². The van der Waals surface area contributed by atoms with Crippen LogP contribution in [0.15, 0.2) is 78.9 Å². The molecule has 1 aliphatic rings. The van der Waals surface area contributed by atoms with E-state index in [1.54, 1.807) is 56.3 Å². The second-order valence-corrected chi connectivity index (χ2v) is 22.2. The van der Waals surface area contributed by atoms with E-state index in [9.17, 15) is 58.5 Å². The number of amides is 9. The molecule has 426 valence electrons. The fraction of sp³-hybridized carbons (Fsp3) is 0.481. The predicted molar refractivity (Wildman–Crippen MR) is 294 cm³/mol. The Morgan fingerprint density at radius 3 is 1.78 bits per heavy atom. The molecule has 19 N–H and O–H groups in total. The van der Waals surface area contributed by atoms with Gasteiger partial charge in [0, 0.05) is 23.3 Å². The Kier molecular flexibility index (Phi) is 26.1. The van der Waals surface area contributed by atoms with Crippen molar-refractivity contribution in [2.24, 2.45) is 22.9 Å². The van der Waals surface area contributed by atoms with Crippen molar-refractivity contribution in [3.05, 3.63) is 95.6 Å². The van der Waals surface area contributed by atoms with E-state index < -0.39 is 119 Å². The Morgan fingerprint density at radius 2 is 1.21 bits per heavy atom. The normalized spacial score (nSPS) is 20.9. The van der Waals surface area contributed by atoms with Crippen LogP contribution in [-0.4, -0.2) is 154 Å². The average Bonchev–Trinajstić information content (AvgIpc) is 3.41. The molecule has 0 unspecified atom stereocenters. The Balaban J connectivity index is 1.80. The molecule has 3 aromatic carbocycles. The second-order valence-electron chi connectivity index (χ2n) is 19.2. The van der Waals surface area contributed by atoms with Crippen molar-refractivity contribution in [3.63, 3.8) is 0 Å². The Bertz CT molecular complexity index is 2490. The van der Waals surface area contributed by atoms with Crippen LogP contribution >= 0.6 is 21.6 Å². The average molecular weight is 1120 g/mol. The number of rotatable bonds is 22. The number of phenolic OH excluding ortho intramolecular Hbond substituents is 2. The number of unbranched alkanes of at least 4 members (excludes halogenated alkanes) is 2. The number of hydrogen-bond acceptors (Lipinski definition) is 17. The minimum Gasteiger partial charge on any atom is -0.508 e. The van der Waals surface area contributed by atoms with Gasteiger partial charge in [0.25, 0.3) is 0 Å². The first-order valence-electron chi connectivity index (χ1n) is 25.5. The molecule has 0 aliphatic carbocycles. The van der Waals surface area contributed by atoms with Crippen molar-refractivity contribution >= 4 is 74.8 Å². The first kappa shape index (κ1) is 63.6. The molecular weight excluding hydrogens is 1050 g/mol. The van der Waals surface area contributed by atoms with E-state index in [-0.39, 0.29) is 55.9 Å². The highest BCUT2D eigenvalue weighted by atomic mass is 33.1. The number of primary amides is 1. The van der Waals surface area contributed by atoms with Gasteiger partial charge in [-0.05, 0) is 113 Å². The second kappa shape index (κ2) is 32.1. The van der Waals surface area contributed by atoms with Crippen LogP contribution < -0.4 is 65.5 Å². The molecule has 26 heteroatoms. The number of aromatic hydroxyl groups is 2. The van der Waals surface area contributed by atoms with E-state index in [0.717, 1.165) is 21.6 Å². The SMILES string of the molecule is CC1(C)SSC[C@@H](C(=O)N[C@@H](CCCCN)C(=O)N[C@@H](CCCCN)C(N)=O)NC(=O)[C@H](Cc2ccccc2)NC(=O)[C@H](CO)NC(=O)CNC(=O)[C@H](Cc2ccc(O)cc2)NC(=O)[C@@H]1NC(=O)[C@@H](N)Cc1ccc(O)cc1. The molecule has 4 rings (SSSR count). The summed E-state index contributed by atoms with van der Waals surface area (Å²) in [5.74, 6) is -8.19. The maximum absolute atomic E-state index is 14.7. The molecule has 0 spiro atoms. The molecule has 1 heterocycles. The fourth-order valence-electron chi connectivity index (χ4n) is 8.02.